The van der Waals surface area contributed by atoms with Crippen LogP contribution in [0.25, 0.3) is 0 Å². The lowest BCUT2D eigenvalue weighted by Gasteiger charge is -2.10. The van der Waals surface area contributed by atoms with Crippen LogP contribution in [0.15, 0.2) is 40.0 Å². The third-order valence-electron chi connectivity index (χ3n) is 2.70. The first-order chi connectivity index (χ1) is 9.49. The number of benzene rings is 1. The summed E-state index contributed by atoms with van der Waals surface area (Å²) in [4.78, 5) is 4.29. The highest BCUT2D eigenvalue weighted by atomic mass is 79.9. The predicted octanol–water partition coefficient (Wildman–Crippen LogP) is 3.35. The van der Waals surface area contributed by atoms with Crippen LogP contribution in [0.4, 0.5) is 0 Å². The number of ether oxygens (including phenoxy) is 1. The molecule has 0 amide bonds. The van der Waals surface area contributed by atoms with E-state index in [1.54, 1.807) is 12.1 Å². The fraction of sp³-hybridized carbons (Fsp3) is 0.143. The van der Waals surface area contributed by atoms with E-state index in [4.69, 9.17) is 15.7 Å². The van der Waals surface area contributed by atoms with Crippen LogP contribution in [0.3, 0.4) is 0 Å². The summed E-state index contributed by atoms with van der Waals surface area (Å²) in [5.41, 5.74) is 7.85. The zero-order valence-corrected chi connectivity index (χ0v) is 12.7. The fourth-order valence-corrected chi connectivity index (χ4v) is 2.03. The lowest BCUT2D eigenvalue weighted by molar-refractivity contribution is 0.318. The smallest absolute Gasteiger partial charge is 0.220 e. The van der Waals surface area contributed by atoms with E-state index in [0.29, 0.717) is 17.2 Å². The summed E-state index contributed by atoms with van der Waals surface area (Å²) in [7, 11) is 0. The average Bonchev–Trinajstić information content (AvgIpc) is 2.41. The average molecular weight is 336 g/mol. The second-order valence-electron chi connectivity index (χ2n) is 4.33. The van der Waals surface area contributed by atoms with Crippen molar-refractivity contribution in [3.63, 3.8) is 0 Å². The third-order valence-corrected chi connectivity index (χ3v) is 3.19. The zero-order chi connectivity index (χ0) is 14.7. The summed E-state index contributed by atoms with van der Waals surface area (Å²) in [5, 5.41) is 11.7. The minimum absolute atomic E-state index is 0.0197. The molecule has 0 spiro atoms. The van der Waals surface area contributed by atoms with E-state index in [0.717, 1.165) is 15.7 Å². The summed E-state index contributed by atoms with van der Waals surface area (Å²) in [6, 6.07) is 9.09. The summed E-state index contributed by atoms with van der Waals surface area (Å²) in [6.45, 7) is 3.76. The number of hydrogen-bond acceptors (Lipinski definition) is 4. The first-order valence-corrected chi connectivity index (χ1v) is 6.69. The van der Waals surface area contributed by atoms with Crippen molar-refractivity contribution < 1.29 is 9.94 Å². The van der Waals surface area contributed by atoms with Crippen molar-refractivity contribution in [1.82, 2.24) is 4.98 Å². The molecule has 20 heavy (non-hydrogen) atoms. The van der Waals surface area contributed by atoms with Gasteiger partial charge in [0, 0.05) is 21.8 Å². The first-order valence-electron chi connectivity index (χ1n) is 5.90. The maximum atomic E-state index is 8.74. The molecule has 0 aliphatic carbocycles. The molecule has 1 aromatic carbocycles. The number of rotatable bonds is 3. The van der Waals surface area contributed by atoms with E-state index in [1.165, 1.54) is 0 Å². The molecule has 0 aliphatic rings. The number of nitrogens with two attached hydrogens (primary N) is 1. The van der Waals surface area contributed by atoms with Gasteiger partial charge < -0.3 is 15.7 Å². The molecular weight excluding hydrogens is 322 g/mol. The van der Waals surface area contributed by atoms with Gasteiger partial charge in [-0.1, -0.05) is 27.2 Å². The third kappa shape index (κ3) is 3.27. The first kappa shape index (κ1) is 14.3. The Balaban J connectivity index is 2.38. The standard InChI is InChI=1S/C14H14BrN3O2/c1-8-3-4-11(15)7-12(8)20-13-6-10(14(16)18-19)5-9(2)17-13/h3-7,19H,1-2H3,(H2,16,18). The van der Waals surface area contributed by atoms with Crippen molar-refractivity contribution in [2.24, 2.45) is 10.9 Å². The zero-order valence-electron chi connectivity index (χ0n) is 11.1. The quantitative estimate of drug-likeness (QED) is 0.390. The van der Waals surface area contributed by atoms with Gasteiger partial charge in [-0.05, 0) is 37.6 Å². The van der Waals surface area contributed by atoms with E-state index in [2.05, 4.69) is 26.1 Å². The lowest BCUT2D eigenvalue weighted by atomic mass is 10.2. The van der Waals surface area contributed by atoms with Crippen LogP contribution in [0, 0.1) is 13.8 Å². The van der Waals surface area contributed by atoms with Gasteiger partial charge in [0.1, 0.15) is 5.75 Å². The largest absolute Gasteiger partial charge is 0.439 e. The molecule has 0 saturated heterocycles. The number of nitrogens with zero attached hydrogens (tertiary/aromatic N) is 2. The van der Waals surface area contributed by atoms with Gasteiger partial charge in [0.05, 0.1) is 0 Å². The van der Waals surface area contributed by atoms with Gasteiger partial charge in [0.15, 0.2) is 5.84 Å². The normalized spacial score (nSPS) is 11.4. The Labute approximate surface area is 125 Å². The minimum Gasteiger partial charge on any atom is -0.439 e. The van der Waals surface area contributed by atoms with Crippen LogP contribution in [-0.4, -0.2) is 16.0 Å². The molecule has 104 valence electrons. The Morgan fingerprint density at radius 3 is 2.75 bits per heavy atom. The summed E-state index contributed by atoms with van der Waals surface area (Å²) in [5.74, 6) is 1.11. The van der Waals surface area contributed by atoms with Crippen LogP contribution in [-0.2, 0) is 0 Å². The second-order valence-corrected chi connectivity index (χ2v) is 5.25. The number of oxime groups is 1. The second kappa shape index (κ2) is 5.92. The van der Waals surface area contributed by atoms with Gasteiger partial charge in [-0.2, -0.15) is 0 Å². The lowest BCUT2D eigenvalue weighted by Crippen LogP contribution is -2.13. The number of halogens is 1. The molecule has 1 heterocycles. The topological polar surface area (TPSA) is 80.7 Å². The van der Waals surface area contributed by atoms with Crippen molar-refractivity contribution in [3.8, 4) is 11.6 Å². The van der Waals surface area contributed by atoms with Crippen LogP contribution >= 0.6 is 15.9 Å². The van der Waals surface area contributed by atoms with Crippen molar-refractivity contribution in [2.45, 2.75) is 13.8 Å². The Morgan fingerprint density at radius 1 is 1.30 bits per heavy atom. The number of pyridine rings is 1. The Kier molecular flexibility index (Phi) is 4.24. The molecule has 0 fully saturated rings. The van der Waals surface area contributed by atoms with Crippen molar-refractivity contribution in [1.29, 1.82) is 0 Å². The summed E-state index contributed by atoms with van der Waals surface area (Å²) >= 11 is 3.40. The fourth-order valence-electron chi connectivity index (χ4n) is 1.69. The number of amidine groups is 1. The molecular formula is C14H14BrN3O2. The number of aromatic nitrogens is 1. The van der Waals surface area contributed by atoms with Gasteiger partial charge in [-0.25, -0.2) is 4.98 Å². The van der Waals surface area contributed by atoms with Crippen molar-refractivity contribution in [3.05, 3.63) is 51.6 Å². The summed E-state index contributed by atoms with van der Waals surface area (Å²) < 4.78 is 6.69. The monoisotopic (exact) mass is 335 g/mol. The molecule has 0 unspecified atom stereocenters. The van der Waals surface area contributed by atoms with Gasteiger partial charge in [-0.15, -0.1) is 0 Å². The van der Waals surface area contributed by atoms with E-state index in [9.17, 15) is 0 Å². The van der Waals surface area contributed by atoms with E-state index >= 15 is 0 Å². The van der Waals surface area contributed by atoms with Crippen molar-refractivity contribution in [2.75, 3.05) is 0 Å². The Hall–Kier alpha value is -2.08. The van der Waals surface area contributed by atoms with E-state index < -0.39 is 0 Å². The molecule has 6 heteroatoms. The minimum atomic E-state index is 0.0197. The van der Waals surface area contributed by atoms with Gasteiger partial charge in [0.2, 0.25) is 5.88 Å². The molecule has 0 aliphatic heterocycles. The van der Waals surface area contributed by atoms with Crippen molar-refractivity contribution >= 4 is 21.8 Å². The van der Waals surface area contributed by atoms with E-state index in [-0.39, 0.29) is 5.84 Å². The Morgan fingerprint density at radius 2 is 2.05 bits per heavy atom. The molecule has 3 N–H and O–H groups in total. The highest BCUT2D eigenvalue weighted by molar-refractivity contribution is 9.10. The summed E-state index contributed by atoms with van der Waals surface area (Å²) in [6.07, 6.45) is 0. The molecule has 5 nitrogen and oxygen atoms in total. The molecule has 0 atom stereocenters. The molecule has 0 radical (unpaired) electrons. The molecule has 2 aromatic rings. The van der Waals surface area contributed by atoms with Crippen LogP contribution in [0.1, 0.15) is 16.8 Å². The van der Waals surface area contributed by atoms with Crippen LogP contribution in [0.2, 0.25) is 0 Å². The van der Waals surface area contributed by atoms with Gasteiger partial charge in [-0.3, -0.25) is 0 Å². The maximum Gasteiger partial charge on any atom is 0.220 e. The number of aryl methyl sites for hydroxylation is 2. The predicted molar refractivity (Wildman–Crippen MR) is 80.4 cm³/mol. The molecule has 0 bridgehead atoms. The molecule has 1 aromatic heterocycles. The maximum absolute atomic E-state index is 8.74. The SMILES string of the molecule is Cc1cc(/C(N)=N/O)cc(Oc2cc(Br)ccc2C)n1. The van der Waals surface area contributed by atoms with E-state index in [1.807, 2.05) is 32.0 Å². The Bertz CT molecular complexity index is 671. The van der Waals surface area contributed by atoms with Gasteiger partial charge in [0.25, 0.3) is 0 Å². The van der Waals surface area contributed by atoms with Crippen LogP contribution in [0.5, 0.6) is 11.6 Å². The highest BCUT2D eigenvalue weighted by Gasteiger charge is 2.08. The van der Waals surface area contributed by atoms with Gasteiger partial charge >= 0.3 is 0 Å². The highest BCUT2D eigenvalue weighted by Crippen LogP contribution is 2.27. The van der Waals surface area contributed by atoms with Crippen LogP contribution < -0.4 is 10.5 Å². The molecule has 0 saturated carbocycles. The number of hydrogen-bond donors (Lipinski definition) is 2. The molecule has 2 rings (SSSR count).